The molecule has 2 aliphatic rings. The number of rotatable bonds is 21. The van der Waals surface area contributed by atoms with E-state index in [0.717, 1.165) is 21.6 Å². The molecule has 0 saturated heterocycles. The molecule has 16 nitrogen and oxygen atoms in total. The molecule has 0 fully saturated rings. The van der Waals surface area contributed by atoms with Gasteiger partial charge < -0.3 is 39.8 Å². The smallest absolute Gasteiger partial charge is 0.445 e. The zero-order valence-electron chi connectivity index (χ0n) is 37.8. The number of carbonyl (C=O) groups is 6. The van der Waals surface area contributed by atoms with Crippen LogP contribution >= 0.6 is 0 Å². The van der Waals surface area contributed by atoms with Crippen LogP contribution in [0.1, 0.15) is 57.7 Å². The van der Waals surface area contributed by atoms with E-state index < -0.39 is 98.2 Å². The normalized spacial score (nSPS) is 14.6. The Morgan fingerprint density at radius 2 is 1.52 bits per heavy atom. The lowest BCUT2D eigenvalue weighted by molar-refractivity contribution is -0.141. The molecule has 10 radical (unpaired) electrons. The maximum Gasteiger partial charge on any atom is 0.508 e. The molecule has 0 aliphatic carbocycles. The fourth-order valence-electron chi connectivity index (χ4n) is 6.77. The summed E-state index contributed by atoms with van der Waals surface area (Å²) in [7, 11) is 30.4. The second-order valence-electron chi connectivity index (χ2n) is 17.6. The monoisotopic (exact) mass is 872 g/mol. The van der Waals surface area contributed by atoms with Gasteiger partial charge in [0.1, 0.15) is 50.8 Å². The third-order valence-corrected chi connectivity index (χ3v) is 10.2. The molecular weight excluding hydrogens is 821 g/mol. The zero-order valence-corrected chi connectivity index (χ0v) is 37.8. The number of amides is 6. The third kappa shape index (κ3) is 17.5. The molecule has 2 atom stereocenters. The highest BCUT2D eigenvalue weighted by molar-refractivity contribution is 8.01. The highest BCUT2D eigenvalue weighted by Gasteiger charge is 2.46. The first-order valence-corrected chi connectivity index (χ1v) is 21.2. The highest BCUT2D eigenvalue weighted by atomic mass is 16.7. The average Bonchev–Trinajstić information content (AvgIpc) is 3.98. The van der Waals surface area contributed by atoms with Gasteiger partial charge in [0.15, 0.2) is 0 Å². The third-order valence-electron chi connectivity index (χ3n) is 10.2. The molecule has 0 saturated carbocycles. The molecule has 2 unspecified atom stereocenters. The predicted octanol–water partition coefficient (Wildman–Crippen LogP) is 0.578. The number of carbonyl (C=O) groups excluding carboxylic acids is 6. The van der Waals surface area contributed by atoms with Crippen LogP contribution in [0.4, 0.5) is 19.2 Å². The van der Waals surface area contributed by atoms with E-state index in [4.69, 9.17) is 57.6 Å². The molecule has 65 heavy (non-hydrogen) atoms. The number of hydrogen-bond acceptors (Lipinski definition) is 10. The molecule has 6 amide bonds. The molecule has 4 rings (SSSR count). The second kappa shape index (κ2) is 23.7. The number of aryl methyl sites for hydroxylation is 1. The Morgan fingerprint density at radius 3 is 2.14 bits per heavy atom. The van der Waals surface area contributed by atoms with Crippen LogP contribution in [-0.2, 0) is 41.8 Å². The summed E-state index contributed by atoms with van der Waals surface area (Å²) < 4.78 is 21.3. The van der Waals surface area contributed by atoms with Crippen molar-refractivity contribution in [2.75, 3.05) is 26.2 Å². The van der Waals surface area contributed by atoms with Crippen molar-refractivity contribution < 1.29 is 47.7 Å². The Hall–Kier alpha value is -5.41. The van der Waals surface area contributed by atoms with Crippen molar-refractivity contribution in [3.05, 3.63) is 95.0 Å². The fourth-order valence-corrected chi connectivity index (χ4v) is 6.77. The molecule has 0 spiro atoms. The number of nitrogens with zero attached hydrogens (tertiary/aromatic N) is 2. The van der Waals surface area contributed by atoms with Crippen molar-refractivity contribution in [1.82, 2.24) is 31.1 Å². The standard InChI is InChI=1S/C39H50B10N6O10/c1-26-12-14-28(15-13-26)24-63-37(61)64-25-39(5,6)53-33(57)30(20-29-21-45(29)49(47(42)43)48(44)46(40)41)55(19-17-50-35(59)65-38(2,3)4)32(56)22-54-18-16-31(51-34(54)58)52-36(60)62-23-27-10-8-7-9-11-27/h7-16,18,21,30-31H,17,19-20,22-25H2,1-6H3,(H,50,59)(H,51,58)(H,52,60)(H,53,57). The Bertz CT molecular complexity index is 2050. The van der Waals surface area contributed by atoms with Crippen molar-refractivity contribution in [3.63, 3.8) is 0 Å². The van der Waals surface area contributed by atoms with Gasteiger partial charge in [-0.2, -0.15) is 0 Å². The number of nitrogens with one attached hydrogen (secondary N) is 4. The molecule has 4 N–H and O–H groups in total. The van der Waals surface area contributed by atoms with Crippen LogP contribution in [0.3, 0.4) is 0 Å². The first-order valence-electron chi connectivity index (χ1n) is 21.2. The molecule has 2 aliphatic heterocycles. The van der Waals surface area contributed by atoms with Gasteiger partial charge in [0.25, 0.3) is 0 Å². The summed E-state index contributed by atoms with van der Waals surface area (Å²) in [5.41, 5.74) is 1.18. The summed E-state index contributed by atoms with van der Waals surface area (Å²) in [6, 6.07) is 14.4. The highest BCUT2D eigenvalue weighted by Crippen LogP contribution is 2.29. The van der Waals surface area contributed by atoms with E-state index in [1.165, 1.54) is 17.2 Å². The van der Waals surface area contributed by atoms with Crippen LogP contribution in [0.2, 0.25) is 0 Å². The van der Waals surface area contributed by atoms with Crippen LogP contribution in [-0.4, -0.2) is 166 Å². The number of hydrogen-bond donors (Lipinski definition) is 4. The van der Waals surface area contributed by atoms with E-state index >= 15 is 0 Å². The molecule has 326 valence electrons. The summed E-state index contributed by atoms with van der Waals surface area (Å²) in [6.07, 6.45) is -4.18. The zero-order chi connectivity index (χ0) is 48.1. The van der Waals surface area contributed by atoms with Gasteiger partial charge in [-0.15, -0.1) is 11.4 Å². The van der Waals surface area contributed by atoms with Crippen molar-refractivity contribution in [2.45, 2.75) is 84.5 Å². The molecule has 2 heterocycles. The van der Waals surface area contributed by atoms with Crippen LogP contribution in [0.15, 0.2) is 78.3 Å². The topological polar surface area (TPSA) is 194 Å². The molecule has 2 aromatic rings. The number of ether oxygens (including phenoxy) is 4. The minimum absolute atomic E-state index is 0.00101. The van der Waals surface area contributed by atoms with Gasteiger partial charge in [0, 0.05) is 83.5 Å². The maximum absolute atomic E-state index is 14.5. The largest absolute Gasteiger partial charge is 0.508 e. The first-order chi connectivity index (χ1) is 30.5. The number of alkyl carbamates (subject to hydrolysis) is 2. The minimum Gasteiger partial charge on any atom is -0.445 e. The summed E-state index contributed by atoms with van der Waals surface area (Å²) in [5.74, 6) is 0.427. The van der Waals surface area contributed by atoms with Crippen LogP contribution < -0.4 is 21.3 Å². The Morgan fingerprint density at radius 1 is 0.877 bits per heavy atom. The van der Waals surface area contributed by atoms with Crippen LogP contribution in [0, 0.1) is 6.92 Å². The van der Waals surface area contributed by atoms with Crippen molar-refractivity contribution >= 4 is 107 Å². The average molecular weight is 871 g/mol. The second-order valence-corrected chi connectivity index (χ2v) is 17.6. The lowest BCUT2D eigenvalue weighted by Crippen LogP contribution is -2.64. The summed E-state index contributed by atoms with van der Waals surface area (Å²) in [6.45, 7) is 8.46. The summed E-state index contributed by atoms with van der Waals surface area (Å²) >= 11 is 0. The molecule has 26 heteroatoms. The van der Waals surface area contributed by atoms with E-state index in [2.05, 4.69) is 21.3 Å². The van der Waals surface area contributed by atoms with Gasteiger partial charge in [-0.25, -0.2) is 19.2 Å². The van der Waals surface area contributed by atoms with E-state index in [9.17, 15) is 28.8 Å². The lowest BCUT2D eigenvalue weighted by atomic mass is 8.57. The Balaban J connectivity index is 1.54. The van der Waals surface area contributed by atoms with E-state index in [1.54, 1.807) is 64.9 Å². The van der Waals surface area contributed by atoms with E-state index in [1.807, 2.05) is 37.3 Å². The van der Waals surface area contributed by atoms with Crippen LogP contribution in [0.5, 0.6) is 0 Å². The molecular formula is C39H50B10N6O10. The maximum atomic E-state index is 14.5. The number of urea groups is 1. The van der Waals surface area contributed by atoms with Gasteiger partial charge >= 0.3 is 24.4 Å². The summed E-state index contributed by atoms with van der Waals surface area (Å²) in [5, 5.41) is 10.6. The van der Waals surface area contributed by atoms with Gasteiger partial charge in [0.2, 0.25) is 11.8 Å². The fraction of sp³-hybridized carbons (Fsp3) is 0.436. The van der Waals surface area contributed by atoms with Gasteiger partial charge in [0.05, 0.1) is 5.54 Å². The quantitative estimate of drug-likeness (QED) is 0.0784. The Kier molecular flexibility index (Phi) is 19.0. The van der Waals surface area contributed by atoms with Gasteiger partial charge in [-0.1, -0.05) is 60.2 Å². The van der Waals surface area contributed by atoms with E-state index in [-0.39, 0.29) is 39.3 Å². The van der Waals surface area contributed by atoms with Gasteiger partial charge in [-0.3, -0.25) is 19.8 Å². The minimum atomic E-state index is -1.30. The molecule has 0 bridgehead atoms. The lowest BCUT2D eigenvalue weighted by Gasteiger charge is -2.36. The van der Waals surface area contributed by atoms with Crippen LogP contribution in [0.25, 0.3) is 0 Å². The van der Waals surface area contributed by atoms with Crippen molar-refractivity contribution in [2.24, 2.45) is 0 Å². The SMILES string of the molecule is [B]B([B])B([B])B(B([B])[B])B1C=C1CC(C(=O)NC(C)(C)COC(=O)OCc1ccc(C)cc1)N(CCNC(=O)OC(C)(C)C)C(=O)CN1C=CC(NC(=O)OCc2ccccc2)NC1=O. The summed E-state index contributed by atoms with van der Waals surface area (Å²) in [4.78, 5) is 82.4. The van der Waals surface area contributed by atoms with E-state index in [0.29, 0.717) is 5.47 Å². The van der Waals surface area contributed by atoms with Crippen molar-refractivity contribution in [1.29, 1.82) is 0 Å². The van der Waals surface area contributed by atoms with Gasteiger partial charge in [-0.05, 0) is 65.2 Å². The first kappa shape index (κ1) is 52.2. The molecule has 2 aromatic carbocycles. The van der Waals surface area contributed by atoms with Crippen molar-refractivity contribution in [3.8, 4) is 0 Å². The molecule has 0 aromatic heterocycles. The predicted molar refractivity (Wildman–Crippen MR) is 257 cm³/mol. The number of benzene rings is 2. The Labute approximate surface area is 390 Å².